The van der Waals surface area contributed by atoms with Gasteiger partial charge in [-0.1, -0.05) is 0 Å². The lowest BCUT2D eigenvalue weighted by Gasteiger charge is -2.23. The van der Waals surface area contributed by atoms with Gasteiger partial charge in [-0.05, 0) is 51.1 Å². The van der Waals surface area contributed by atoms with Crippen molar-refractivity contribution >= 4 is 7.92 Å². The quantitative estimate of drug-likeness (QED) is 0.488. The first-order valence-corrected chi connectivity index (χ1v) is 5.46. The monoisotopic (exact) mass is 139 g/mol. The van der Waals surface area contributed by atoms with Gasteiger partial charge in [0.1, 0.15) is 0 Å². The molecule has 1 aliphatic carbocycles. The highest BCUT2D eigenvalue weighted by Crippen LogP contribution is 2.39. The van der Waals surface area contributed by atoms with Crippen molar-refractivity contribution < 1.29 is 0 Å². The Morgan fingerprint density at radius 2 is 1.56 bits per heavy atom. The van der Waals surface area contributed by atoms with E-state index in [1.807, 2.05) is 0 Å². The van der Waals surface area contributed by atoms with Crippen molar-refractivity contribution in [3.63, 3.8) is 0 Å². The SMILES string of the molecule is CP(C)C1[CH][CH][CH][CH][CH]1. The van der Waals surface area contributed by atoms with E-state index >= 15 is 0 Å². The Morgan fingerprint density at radius 1 is 1.00 bits per heavy atom. The van der Waals surface area contributed by atoms with Gasteiger partial charge in [-0.25, -0.2) is 0 Å². The molecule has 0 spiro atoms. The molecule has 0 aromatic carbocycles. The zero-order valence-electron chi connectivity index (χ0n) is 5.91. The van der Waals surface area contributed by atoms with Gasteiger partial charge >= 0.3 is 0 Å². The summed E-state index contributed by atoms with van der Waals surface area (Å²) >= 11 is 0. The van der Waals surface area contributed by atoms with E-state index in [4.69, 9.17) is 0 Å². The van der Waals surface area contributed by atoms with Crippen molar-refractivity contribution in [1.82, 2.24) is 0 Å². The van der Waals surface area contributed by atoms with E-state index in [1.54, 1.807) is 0 Å². The minimum atomic E-state index is 0.188. The highest BCUT2D eigenvalue weighted by Gasteiger charge is 2.16. The molecular weight excluding hydrogens is 127 g/mol. The molecule has 0 aliphatic heterocycles. The van der Waals surface area contributed by atoms with Crippen molar-refractivity contribution in [2.45, 2.75) is 5.66 Å². The summed E-state index contributed by atoms with van der Waals surface area (Å²) in [5.41, 5.74) is 0.727. The van der Waals surface area contributed by atoms with Gasteiger partial charge in [0.05, 0.1) is 0 Å². The van der Waals surface area contributed by atoms with Crippen LogP contribution in [0.3, 0.4) is 0 Å². The van der Waals surface area contributed by atoms with E-state index in [-0.39, 0.29) is 7.92 Å². The van der Waals surface area contributed by atoms with E-state index in [0.717, 1.165) is 5.66 Å². The van der Waals surface area contributed by atoms with Gasteiger partial charge < -0.3 is 0 Å². The normalized spacial score (nSPS) is 23.0. The van der Waals surface area contributed by atoms with Crippen LogP contribution in [0, 0.1) is 32.1 Å². The number of hydrogen-bond acceptors (Lipinski definition) is 0. The zero-order chi connectivity index (χ0) is 6.69. The third-order valence-electron chi connectivity index (χ3n) is 1.44. The van der Waals surface area contributed by atoms with Crippen LogP contribution in [0.2, 0.25) is 0 Å². The fraction of sp³-hybridized carbons (Fsp3) is 0.375. The Kier molecular flexibility index (Phi) is 2.98. The maximum atomic E-state index is 2.31. The summed E-state index contributed by atoms with van der Waals surface area (Å²) in [6.07, 6.45) is 10.9. The van der Waals surface area contributed by atoms with Crippen LogP contribution in [-0.4, -0.2) is 19.0 Å². The summed E-state index contributed by atoms with van der Waals surface area (Å²) in [5, 5.41) is 0. The van der Waals surface area contributed by atoms with Gasteiger partial charge in [0.2, 0.25) is 0 Å². The minimum absolute atomic E-state index is 0.188. The van der Waals surface area contributed by atoms with Crippen molar-refractivity contribution in [1.29, 1.82) is 0 Å². The molecule has 5 radical (unpaired) electrons. The second kappa shape index (κ2) is 3.56. The van der Waals surface area contributed by atoms with Crippen molar-refractivity contribution in [3.8, 4) is 0 Å². The molecule has 0 aromatic rings. The highest BCUT2D eigenvalue weighted by atomic mass is 31.1. The predicted molar refractivity (Wildman–Crippen MR) is 44.1 cm³/mol. The van der Waals surface area contributed by atoms with Gasteiger partial charge in [-0.15, -0.1) is 7.92 Å². The molecule has 0 saturated heterocycles. The first-order chi connectivity index (χ1) is 4.30. The first-order valence-electron chi connectivity index (χ1n) is 3.15. The average Bonchev–Trinajstić information content (AvgIpc) is 1.90. The Bertz CT molecular complexity index is 72.6. The van der Waals surface area contributed by atoms with Crippen LogP contribution in [0.15, 0.2) is 0 Å². The average molecular weight is 139 g/mol. The molecule has 1 fully saturated rings. The molecule has 0 N–H and O–H groups in total. The molecule has 1 rings (SSSR count). The molecule has 1 aliphatic rings. The van der Waals surface area contributed by atoms with E-state index in [9.17, 15) is 0 Å². The van der Waals surface area contributed by atoms with Crippen LogP contribution in [0.1, 0.15) is 0 Å². The predicted octanol–water partition coefficient (Wildman–Crippen LogP) is 2.13. The van der Waals surface area contributed by atoms with Crippen molar-refractivity contribution in [2.24, 2.45) is 0 Å². The molecule has 0 amide bonds. The van der Waals surface area contributed by atoms with Gasteiger partial charge in [-0.2, -0.15) is 0 Å². The summed E-state index contributed by atoms with van der Waals surface area (Å²) in [6, 6.07) is 0. The fourth-order valence-corrected chi connectivity index (χ4v) is 1.72. The molecule has 9 heavy (non-hydrogen) atoms. The second-order valence-corrected chi connectivity index (χ2v) is 4.94. The van der Waals surface area contributed by atoms with Crippen LogP contribution in [0.5, 0.6) is 0 Å². The fourth-order valence-electron chi connectivity index (χ4n) is 0.829. The summed E-state index contributed by atoms with van der Waals surface area (Å²) in [4.78, 5) is 0. The lowest BCUT2D eigenvalue weighted by molar-refractivity contribution is 1.07. The van der Waals surface area contributed by atoms with Gasteiger partial charge in [0.15, 0.2) is 0 Å². The first kappa shape index (κ1) is 7.54. The third-order valence-corrected chi connectivity index (χ3v) is 2.97. The molecule has 0 heterocycles. The van der Waals surface area contributed by atoms with Crippen LogP contribution in [-0.2, 0) is 0 Å². The number of rotatable bonds is 1. The van der Waals surface area contributed by atoms with Crippen LogP contribution >= 0.6 is 7.92 Å². The largest absolute Gasteiger partial charge is 0.109 e. The zero-order valence-corrected chi connectivity index (χ0v) is 6.81. The Balaban J connectivity index is 2.23. The van der Waals surface area contributed by atoms with Crippen molar-refractivity contribution in [2.75, 3.05) is 13.3 Å². The minimum Gasteiger partial charge on any atom is -0.109 e. The maximum absolute atomic E-state index is 2.31. The van der Waals surface area contributed by atoms with E-state index in [0.29, 0.717) is 0 Å². The lowest BCUT2D eigenvalue weighted by atomic mass is 10.0. The molecule has 1 heteroatoms. The van der Waals surface area contributed by atoms with E-state index in [1.165, 1.54) is 0 Å². The second-order valence-electron chi connectivity index (χ2n) is 2.42. The molecule has 0 atom stereocenters. The summed E-state index contributed by atoms with van der Waals surface area (Å²) in [6.45, 7) is 4.61. The van der Waals surface area contributed by atoms with Gasteiger partial charge in [-0.3, -0.25) is 0 Å². The molecule has 0 aromatic heterocycles. The summed E-state index contributed by atoms with van der Waals surface area (Å²) in [5.74, 6) is 0. The van der Waals surface area contributed by atoms with Gasteiger partial charge in [0.25, 0.3) is 0 Å². The van der Waals surface area contributed by atoms with Crippen LogP contribution < -0.4 is 0 Å². The summed E-state index contributed by atoms with van der Waals surface area (Å²) < 4.78 is 0. The number of hydrogen-bond donors (Lipinski definition) is 0. The molecule has 49 valence electrons. The highest BCUT2D eigenvalue weighted by molar-refractivity contribution is 7.57. The lowest BCUT2D eigenvalue weighted by Crippen LogP contribution is -2.12. The molecular formula is C8H12P. The third kappa shape index (κ3) is 2.26. The van der Waals surface area contributed by atoms with E-state index in [2.05, 4.69) is 45.4 Å². The van der Waals surface area contributed by atoms with E-state index < -0.39 is 0 Å². The summed E-state index contributed by atoms with van der Waals surface area (Å²) in [7, 11) is 0.188. The van der Waals surface area contributed by atoms with Gasteiger partial charge in [0, 0.05) is 0 Å². The van der Waals surface area contributed by atoms with Crippen LogP contribution in [0.25, 0.3) is 0 Å². The van der Waals surface area contributed by atoms with Crippen LogP contribution in [0.4, 0.5) is 0 Å². The van der Waals surface area contributed by atoms with Crippen molar-refractivity contribution in [3.05, 3.63) is 32.1 Å². The standard InChI is InChI=1S/C8H12P/c1-9(2)8-6-4-3-5-7-8/h3-8H,1-2H3. The Hall–Kier alpha value is 0.430. The Labute approximate surface area is 59.8 Å². The Morgan fingerprint density at radius 3 is 1.89 bits per heavy atom. The molecule has 0 unspecified atom stereocenters. The molecule has 1 saturated carbocycles. The smallest absolute Gasteiger partial charge is 0.0146 e. The molecule has 0 nitrogen and oxygen atoms in total. The maximum Gasteiger partial charge on any atom is -0.0146 e. The molecule has 0 bridgehead atoms. The topological polar surface area (TPSA) is 0 Å².